The van der Waals surface area contributed by atoms with E-state index >= 15 is 0 Å². The molecule has 29 heavy (non-hydrogen) atoms. The van der Waals surface area contributed by atoms with Crippen LogP contribution in [0.25, 0.3) is 0 Å². The molecule has 3 heterocycles. The van der Waals surface area contributed by atoms with Crippen LogP contribution in [0.5, 0.6) is 0 Å². The predicted octanol–water partition coefficient (Wildman–Crippen LogP) is 1.50. The van der Waals surface area contributed by atoms with E-state index in [1.54, 1.807) is 6.26 Å². The lowest BCUT2D eigenvalue weighted by Gasteiger charge is -2.26. The molecule has 2 aliphatic rings. The molecule has 0 bridgehead atoms. The molecule has 0 saturated carbocycles. The van der Waals surface area contributed by atoms with Crippen molar-refractivity contribution in [3.63, 3.8) is 0 Å². The number of furan rings is 1. The van der Waals surface area contributed by atoms with Gasteiger partial charge in [0.15, 0.2) is 5.96 Å². The SMILES string of the molecule is I.c1coc(CCNC(=NCCCOC2CCOC2)NCCN2CCOCC2)c1. The van der Waals surface area contributed by atoms with Gasteiger partial charge in [-0.3, -0.25) is 9.89 Å². The number of ether oxygens (including phenoxy) is 3. The van der Waals surface area contributed by atoms with Gasteiger partial charge in [-0.25, -0.2) is 0 Å². The average molecular weight is 522 g/mol. The monoisotopic (exact) mass is 522 g/mol. The average Bonchev–Trinajstić information content (AvgIpc) is 3.42. The van der Waals surface area contributed by atoms with Gasteiger partial charge in [-0.2, -0.15) is 0 Å². The second-order valence-electron chi connectivity index (χ2n) is 7.08. The van der Waals surface area contributed by atoms with Crippen LogP contribution in [0, 0.1) is 0 Å². The molecular weight excluding hydrogens is 487 g/mol. The van der Waals surface area contributed by atoms with E-state index in [0.29, 0.717) is 0 Å². The number of guanidine groups is 1. The Bertz CT molecular complexity index is 547. The molecular formula is C20H35IN4O4. The zero-order chi connectivity index (χ0) is 19.3. The molecule has 1 aromatic rings. The number of hydrogen-bond acceptors (Lipinski definition) is 6. The highest BCUT2D eigenvalue weighted by molar-refractivity contribution is 14.0. The zero-order valence-electron chi connectivity index (χ0n) is 17.1. The normalized spacial score (nSPS) is 20.4. The number of aliphatic imine (C=N–C) groups is 1. The Kier molecular flexibility index (Phi) is 12.6. The molecule has 0 aliphatic carbocycles. The van der Waals surface area contributed by atoms with Crippen LogP contribution in [0.3, 0.4) is 0 Å². The topological polar surface area (TPSA) is 80.5 Å². The van der Waals surface area contributed by atoms with Crippen molar-refractivity contribution < 1.29 is 18.6 Å². The molecule has 2 N–H and O–H groups in total. The van der Waals surface area contributed by atoms with Crippen LogP contribution in [-0.2, 0) is 20.6 Å². The van der Waals surface area contributed by atoms with Gasteiger partial charge < -0.3 is 29.3 Å². The molecule has 1 aromatic heterocycles. The summed E-state index contributed by atoms with van der Waals surface area (Å²) in [6.45, 7) is 9.31. The second kappa shape index (κ2) is 15.0. The molecule has 2 fully saturated rings. The maximum Gasteiger partial charge on any atom is 0.191 e. The highest BCUT2D eigenvalue weighted by atomic mass is 127. The molecule has 0 amide bonds. The van der Waals surface area contributed by atoms with Gasteiger partial charge in [0.05, 0.1) is 32.2 Å². The lowest BCUT2D eigenvalue weighted by atomic mass is 10.3. The highest BCUT2D eigenvalue weighted by Crippen LogP contribution is 2.08. The Morgan fingerprint density at radius 1 is 1.17 bits per heavy atom. The minimum absolute atomic E-state index is 0. The van der Waals surface area contributed by atoms with Crippen molar-refractivity contribution in [2.75, 3.05) is 72.3 Å². The van der Waals surface area contributed by atoms with E-state index in [1.807, 2.05) is 12.1 Å². The third kappa shape index (κ3) is 10.1. The third-order valence-electron chi connectivity index (χ3n) is 4.88. The van der Waals surface area contributed by atoms with Crippen LogP contribution in [-0.4, -0.2) is 89.3 Å². The molecule has 3 rings (SSSR count). The van der Waals surface area contributed by atoms with Crippen LogP contribution in [0.2, 0.25) is 0 Å². The molecule has 0 spiro atoms. The van der Waals surface area contributed by atoms with E-state index < -0.39 is 0 Å². The standard InChI is InChI=1S/C20H34N4O4.HI/c1-3-18(27-12-1)4-7-22-20(23-8-9-24-10-15-25-16-11-24)21-6-2-13-28-19-5-14-26-17-19;/h1,3,12,19H,2,4-11,13-17H2,(H2,21,22,23);1H. The van der Waals surface area contributed by atoms with Crippen LogP contribution >= 0.6 is 24.0 Å². The zero-order valence-corrected chi connectivity index (χ0v) is 19.5. The first-order valence-electron chi connectivity index (χ1n) is 10.4. The molecule has 2 saturated heterocycles. The number of nitrogens with zero attached hydrogens (tertiary/aromatic N) is 2. The Morgan fingerprint density at radius 2 is 2.03 bits per heavy atom. The summed E-state index contributed by atoms with van der Waals surface area (Å²) in [7, 11) is 0. The maximum atomic E-state index is 5.81. The van der Waals surface area contributed by atoms with E-state index in [0.717, 1.165) is 103 Å². The summed E-state index contributed by atoms with van der Waals surface area (Å²) in [6.07, 6.45) is 4.72. The van der Waals surface area contributed by atoms with Gasteiger partial charge >= 0.3 is 0 Å². The number of hydrogen-bond donors (Lipinski definition) is 2. The van der Waals surface area contributed by atoms with Gasteiger partial charge in [0.25, 0.3) is 0 Å². The lowest BCUT2D eigenvalue weighted by molar-refractivity contribution is 0.0389. The molecule has 0 radical (unpaired) electrons. The van der Waals surface area contributed by atoms with Gasteiger partial charge in [-0.15, -0.1) is 24.0 Å². The summed E-state index contributed by atoms with van der Waals surface area (Å²) in [6, 6.07) is 3.91. The fourth-order valence-corrected chi connectivity index (χ4v) is 3.24. The van der Waals surface area contributed by atoms with Crippen LogP contribution in [0.15, 0.2) is 27.8 Å². The van der Waals surface area contributed by atoms with Crippen LogP contribution in [0.1, 0.15) is 18.6 Å². The molecule has 0 aromatic carbocycles. The van der Waals surface area contributed by atoms with Crippen LogP contribution in [0.4, 0.5) is 0 Å². The summed E-state index contributed by atoms with van der Waals surface area (Å²) in [5.41, 5.74) is 0. The maximum absolute atomic E-state index is 5.81. The van der Waals surface area contributed by atoms with Crippen molar-refractivity contribution >= 4 is 29.9 Å². The van der Waals surface area contributed by atoms with Crippen molar-refractivity contribution in [1.29, 1.82) is 0 Å². The van der Waals surface area contributed by atoms with Gasteiger partial charge in [0.2, 0.25) is 0 Å². The summed E-state index contributed by atoms with van der Waals surface area (Å²) in [4.78, 5) is 7.11. The first kappa shape index (κ1) is 24.4. The van der Waals surface area contributed by atoms with Crippen LogP contribution < -0.4 is 10.6 Å². The summed E-state index contributed by atoms with van der Waals surface area (Å²) >= 11 is 0. The highest BCUT2D eigenvalue weighted by Gasteiger charge is 2.15. The van der Waals surface area contributed by atoms with E-state index in [4.69, 9.17) is 23.6 Å². The molecule has 8 nitrogen and oxygen atoms in total. The summed E-state index contributed by atoms with van der Waals surface area (Å²) in [5, 5.41) is 6.85. The van der Waals surface area contributed by atoms with Crippen molar-refractivity contribution in [3.05, 3.63) is 24.2 Å². The largest absolute Gasteiger partial charge is 0.469 e. The Labute approximate surface area is 190 Å². The fraction of sp³-hybridized carbons (Fsp3) is 0.750. The summed E-state index contributed by atoms with van der Waals surface area (Å²) < 4.78 is 21.9. The molecule has 166 valence electrons. The van der Waals surface area contributed by atoms with E-state index in [1.165, 1.54) is 0 Å². The Hall–Kier alpha value is -0.880. The predicted molar refractivity (Wildman–Crippen MR) is 123 cm³/mol. The minimum Gasteiger partial charge on any atom is -0.469 e. The summed E-state index contributed by atoms with van der Waals surface area (Å²) in [5.74, 6) is 1.83. The number of morpholine rings is 1. The molecule has 9 heteroatoms. The lowest BCUT2D eigenvalue weighted by Crippen LogP contribution is -2.44. The number of rotatable bonds is 11. The minimum atomic E-state index is 0. The molecule has 1 atom stereocenters. The van der Waals surface area contributed by atoms with Gasteiger partial charge in [0, 0.05) is 58.9 Å². The van der Waals surface area contributed by atoms with Crippen molar-refractivity contribution in [3.8, 4) is 0 Å². The van der Waals surface area contributed by atoms with Crippen molar-refractivity contribution in [2.24, 2.45) is 4.99 Å². The van der Waals surface area contributed by atoms with Gasteiger partial charge in [-0.1, -0.05) is 0 Å². The third-order valence-corrected chi connectivity index (χ3v) is 4.88. The molecule has 2 aliphatic heterocycles. The Morgan fingerprint density at radius 3 is 2.79 bits per heavy atom. The second-order valence-corrected chi connectivity index (χ2v) is 7.08. The first-order valence-corrected chi connectivity index (χ1v) is 10.4. The smallest absolute Gasteiger partial charge is 0.191 e. The Balaban J connectivity index is 0.00000300. The van der Waals surface area contributed by atoms with Crippen molar-refractivity contribution in [2.45, 2.75) is 25.4 Å². The van der Waals surface area contributed by atoms with Crippen molar-refractivity contribution in [1.82, 2.24) is 15.5 Å². The van der Waals surface area contributed by atoms with Gasteiger partial charge in [0.1, 0.15) is 5.76 Å². The molecule has 1 unspecified atom stereocenters. The number of nitrogens with one attached hydrogen (secondary N) is 2. The van der Waals surface area contributed by atoms with Gasteiger partial charge in [-0.05, 0) is 25.0 Å². The van der Waals surface area contributed by atoms with E-state index in [-0.39, 0.29) is 30.1 Å². The fourth-order valence-electron chi connectivity index (χ4n) is 3.24. The quantitative estimate of drug-likeness (QED) is 0.197. The first-order chi connectivity index (χ1) is 13.9. The van der Waals surface area contributed by atoms with E-state index in [2.05, 4.69) is 15.5 Å². The van der Waals surface area contributed by atoms with E-state index in [9.17, 15) is 0 Å². The number of halogens is 1.